The summed E-state index contributed by atoms with van der Waals surface area (Å²) in [6.07, 6.45) is -0.295. The van der Waals surface area contributed by atoms with Crippen molar-refractivity contribution in [1.82, 2.24) is 5.32 Å². The van der Waals surface area contributed by atoms with Crippen molar-refractivity contribution in [3.05, 3.63) is 114 Å². The largest absolute Gasteiger partial charge is 0.465 e. The zero-order valence-corrected chi connectivity index (χ0v) is 24.3. The second kappa shape index (κ2) is 13.8. The van der Waals surface area contributed by atoms with Gasteiger partial charge in [0.15, 0.2) is 0 Å². The lowest BCUT2D eigenvalue weighted by molar-refractivity contribution is 0.198. The van der Waals surface area contributed by atoms with E-state index >= 15 is 0 Å². The first-order valence-corrected chi connectivity index (χ1v) is 15.1. The number of ether oxygens (including phenoxy) is 1. The average Bonchev–Trinajstić information content (AvgIpc) is 2.98. The molecule has 5 N–H and O–H groups in total. The van der Waals surface area contributed by atoms with Gasteiger partial charge in [0.05, 0.1) is 4.90 Å². The van der Waals surface area contributed by atoms with Gasteiger partial charge in [0.25, 0.3) is 0 Å². The fraction of sp³-hybridized carbons (Fsp3) is 0.156. The summed E-state index contributed by atoms with van der Waals surface area (Å²) < 4.78 is 29.3. The molecule has 0 spiro atoms. The molecule has 4 aromatic carbocycles. The Balaban J connectivity index is 1.54. The molecule has 0 aliphatic heterocycles. The fourth-order valence-corrected chi connectivity index (χ4v) is 5.57. The summed E-state index contributed by atoms with van der Waals surface area (Å²) in [4.78, 5) is 26.1. The molecule has 1 unspecified atom stereocenters. The number of rotatable bonds is 10. The summed E-state index contributed by atoms with van der Waals surface area (Å²) in [6, 6.07) is 28.0. The lowest BCUT2D eigenvalue weighted by atomic mass is 9.98. The molecule has 0 aromatic heterocycles. The normalized spacial score (nSPS) is 11.8. The predicted molar refractivity (Wildman–Crippen MR) is 165 cm³/mol. The smallest absolute Gasteiger partial charge is 0.418 e. The van der Waals surface area contributed by atoms with Gasteiger partial charge in [-0.15, -0.1) is 0 Å². The number of para-hydroxylation sites is 1. The molecule has 0 saturated carbocycles. The quantitative estimate of drug-likeness (QED) is 0.129. The topological polar surface area (TPSA) is 163 Å². The number of nitrogens with one attached hydrogen (secondary N) is 2. The minimum atomic E-state index is -3.96. The Labute approximate surface area is 250 Å². The minimum Gasteiger partial charge on any atom is -0.465 e. The van der Waals surface area contributed by atoms with E-state index in [0.29, 0.717) is 41.0 Å². The maximum absolute atomic E-state index is 12.5. The number of anilines is 1. The summed E-state index contributed by atoms with van der Waals surface area (Å²) in [5.41, 5.74) is 2.65. The molecule has 10 nitrogen and oxygen atoms in total. The van der Waals surface area contributed by atoms with Crippen LogP contribution in [0.4, 0.5) is 15.3 Å². The van der Waals surface area contributed by atoms with Gasteiger partial charge in [-0.25, -0.2) is 23.1 Å². The Hall–Kier alpha value is -5.00. The van der Waals surface area contributed by atoms with Crippen LogP contribution in [0.25, 0.3) is 11.1 Å². The number of nitrogens with two attached hydrogens (primary N) is 1. The average molecular weight is 601 g/mol. The highest BCUT2D eigenvalue weighted by Gasteiger charge is 2.25. The van der Waals surface area contributed by atoms with Crippen LogP contribution in [0.2, 0.25) is 0 Å². The van der Waals surface area contributed by atoms with Crippen LogP contribution in [-0.4, -0.2) is 37.6 Å². The Kier molecular flexibility index (Phi) is 9.91. The lowest BCUT2D eigenvalue weighted by Crippen LogP contribution is -2.41. The molecule has 2 amide bonds. The summed E-state index contributed by atoms with van der Waals surface area (Å²) in [5, 5.41) is 26.4. The van der Waals surface area contributed by atoms with Crippen LogP contribution in [-0.2, 0) is 16.4 Å². The molecule has 1 atom stereocenters. The van der Waals surface area contributed by atoms with Crippen LogP contribution in [0.5, 0.6) is 5.75 Å². The van der Waals surface area contributed by atoms with E-state index in [0.717, 1.165) is 12.0 Å². The third-order valence-corrected chi connectivity index (χ3v) is 7.68. The minimum absolute atomic E-state index is 0.0185. The van der Waals surface area contributed by atoms with Crippen LogP contribution in [0, 0.1) is 5.41 Å². The first kappa shape index (κ1) is 30.9. The Morgan fingerprint density at radius 1 is 0.953 bits per heavy atom. The van der Waals surface area contributed by atoms with Gasteiger partial charge in [-0.3, -0.25) is 15.6 Å². The van der Waals surface area contributed by atoms with Gasteiger partial charge in [-0.1, -0.05) is 80.1 Å². The standard InChI is InChI=1S/C32H32N4O6S/c1-2-9-26(21-22-10-8-11-24(20-22)30(33)35-31(37)42-27-12-4-3-5-13-27)36(32(38)39)25-18-16-23(17-19-25)28-14-6-7-15-29(28)43(34,40)41/h3-8,10-20,26H,2,9,21H2,1H3,(H,38,39)(H2,33,35,37)(H2,34,40,41). The molecular weight excluding hydrogens is 568 g/mol. The van der Waals surface area contributed by atoms with Crippen molar-refractivity contribution in [3.8, 4) is 16.9 Å². The number of nitrogens with zero attached hydrogens (tertiary/aromatic N) is 1. The van der Waals surface area contributed by atoms with E-state index in [-0.39, 0.29) is 10.7 Å². The number of amides is 2. The third kappa shape index (κ3) is 8.06. The Morgan fingerprint density at radius 3 is 2.28 bits per heavy atom. The van der Waals surface area contributed by atoms with Gasteiger partial charge in [0, 0.05) is 22.9 Å². The maximum atomic E-state index is 12.5. The van der Waals surface area contributed by atoms with Gasteiger partial charge in [0.2, 0.25) is 10.0 Å². The summed E-state index contributed by atoms with van der Waals surface area (Å²) in [5.74, 6) is 0.194. The van der Waals surface area contributed by atoms with Crippen LogP contribution < -0.4 is 20.1 Å². The zero-order valence-electron chi connectivity index (χ0n) is 23.4. The summed E-state index contributed by atoms with van der Waals surface area (Å²) in [7, 11) is -3.96. The van der Waals surface area contributed by atoms with Crippen LogP contribution in [0.3, 0.4) is 0 Å². The third-order valence-electron chi connectivity index (χ3n) is 6.71. The van der Waals surface area contributed by atoms with Crippen molar-refractivity contribution in [3.63, 3.8) is 0 Å². The second-order valence-corrected chi connectivity index (χ2v) is 11.3. The van der Waals surface area contributed by atoms with E-state index in [1.807, 2.05) is 13.0 Å². The lowest BCUT2D eigenvalue weighted by Gasteiger charge is -2.30. The summed E-state index contributed by atoms with van der Waals surface area (Å²) >= 11 is 0. The molecule has 4 aromatic rings. The molecule has 222 valence electrons. The number of carbonyl (C=O) groups excluding carboxylic acids is 1. The number of hydrogen-bond donors (Lipinski definition) is 4. The monoisotopic (exact) mass is 600 g/mol. The molecule has 0 aliphatic rings. The molecule has 0 radical (unpaired) electrons. The molecule has 0 heterocycles. The highest BCUT2D eigenvalue weighted by molar-refractivity contribution is 7.89. The highest BCUT2D eigenvalue weighted by Crippen LogP contribution is 2.30. The van der Waals surface area contributed by atoms with Crippen LogP contribution >= 0.6 is 0 Å². The Morgan fingerprint density at radius 2 is 1.63 bits per heavy atom. The van der Waals surface area contributed by atoms with E-state index in [4.69, 9.17) is 15.3 Å². The molecule has 0 aliphatic carbocycles. The Bertz CT molecular complexity index is 1710. The van der Waals surface area contributed by atoms with Gasteiger partial charge < -0.3 is 9.84 Å². The number of hydrogen-bond acceptors (Lipinski definition) is 6. The van der Waals surface area contributed by atoms with E-state index < -0.39 is 28.3 Å². The van der Waals surface area contributed by atoms with Crippen molar-refractivity contribution >= 4 is 33.7 Å². The van der Waals surface area contributed by atoms with Gasteiger partial charge >= 0.3 is 12.2 Å². The molecule has 0 fully saturated rings. The van der Waals surface area contributed by atoms with Crippen molar-refractivity contribution in [2.75, 3.05) is 4.90 Å². The molecular formula is C32H32N4O6S. The number of amidine groups is 1. The first-order chi connectivity index (χ1) is 20.6. The number of sulfonamides is 1. The number of carboxylic acid groups (broad SMARTS) is 1. The molecule has 0 saturated heterocycles. The van der Waals surface area contributed by atoms with Gasteiger partial charge in [-0.05, 0) is 60.4 Å². The molecule has 43 heavy (non-hydrogen) atoms. The van der Waals surface area contributed by atoms with E-state index in [1.165, 1.54) is 11.0 Å². The van der Waals surface area contributed by atoms with Crippen molar-refractivity contribution in [2.45, 2.75) is 37.1 Å². The number of primary sulfonamides is 1. The number of carbonyl (C=O) groups is 2. The fourth-order valence-electron chi connectivity index (χ4n) is 4.81. The SMILES string of the molecule is CCCC(Cc1cccc(C(=N)NC(=O)Oc2ccccc2)c1)N(C(=O)O)c1ccc(-c2ccccc2S(N)(=O)=O)cc1. The van der Waals surface area contributed by atoms with Crippen LogP contribution in [0.15, 0.2) is 108 Å². The van der Waals surface area contributed by atoms with Crippen molar-refractivity contribution < 1.29 is 27.9 Å². The highest BCUT2D eigenvalue weighted by atomic mass is 32.2. The second-order valence-electron chi connectivity index (χ2n) is 9.79. The van der Waals surface area contributed by atoms with Crippen molar-refractivity contribution in [2.24, 2.45) is 5.14 Å². The van der Waals surface area contributed by atoms with E-state index in [2.05, 4.69) is 5.32 Å². The van der Waals surface area contributed by atoms with E-state index in [1.54, 1.807) is 91.0 Å². The van der Waals surface area contributed by atoms with Gasteiger partial charge in [0.1, 0.15) is 11.6 Å². The van der Waals surface area contributed by atoms with Crippen molar-refractivity contribution in [1.29, 1.82) is 5.41 Å². The first-order valence-electron chi connectivity index (χ1n) is 13.5. The van der Waals surface area contributed by atoms with Crippen LogP contribution in [0.1, 0.15) is 30.9 Å². The predicted octanol–water partition coefficient (Wildman–Crippen LogP) is 6.01. The number of benzene rings is 4. The van der Waals surface area contributed by atoms with E-state index in [9.17, 15) is 23.1 Å². The van der Waals surface area contributed by atoms with Gasteiger partial charge in [-0.2, -0.15) is 0 Å². The molecule has 0 bridgehead atoms. The zero-order chi connectivity index (χ0) is 31.0. The summed E-state index contributed by atoms with van der Waals surface area (Å²) in [6.45, 7) is 1.97. The molecule has 4 rings (SSSR count). The molecule has 11 heteroatoms. The maximum Gasteiger partial charge on any atom is 0.418 e.